The molecular formula is C19H20F3N3O6S. The summed E-state index contributed by atoms with van der Waals surface area (Å²) in [7, 11) is -1.05. The quantitative estimate of drug-likeness (QED) is 0.609. The molecule has 2 rings (SSSR count). The van der Waals surface area contributed by atoms with Crippen LogP contribution in [0.15, 0.2) is 46.2 Å². The molecule has 174 valence electrons. The van der Waals surface area contributed by atoms with Crippen LogP contribution >= 0.6 is 0 Å². The van der Waals surface area contributed by atoms with Gasteiger partial charge in [0.05, 0.1) is 10.5 Å². The van der Waals surface area contributed by atoms with Gasteiger partial charge in [0.15, 0.2) is 6.61 Å². The number of hydrogen-bond donors (Lipinski definition) is 1. The number of alkyl halides is 3. The van der Waals surface area contributed by atoms with E-state index < -0.39 is 52.4 Å². The number of nitrogens with one attached hydrogen (secondary N) is 1. The Bertz CT molecular complexity index is 1190. The minimum absolute atomic E-state index is 0.0267. The second kappa shape index (κ2) is 9.53. The summed E-state index contributed by atoms with van der Waals surface area (Å²) in [4.78, 5) is 35.5. The average molecular weight is 475 g/mol. The molecule has 1 heterocycles. The van der Waals surface area contributed by atoms with Crippen LogP contribution in [0.3, 0.4) is 0 Å². The summed E-state index contributed by atoms with van der Waals surface area (Å²) < 4.78 is 69.1. The van der Waals surface area contributed by atoms with Crippen LogP contribution in [0.5, 0.6) is 0 Å². The number of anilines is 1. The molecule has 0 aliphatic heterocycles. The highest BCUT2D eigenvalue weighted by Gasteiger charge is 2.31. The summed E-state index contributed by atoms with van der Waals surface area (Å²) in [6, 6.07) is 5.43. The average Bonchev–Trinajstić information content (AvgIpc) is 2.68. The number of rotatable bonds is 7. The number of hydrogen-bond acceptors (Lipinski definition) is 6. The third-order valence-electron chi connectivity index (χ3n) is 4.21. The molecule has 0 spiro atoms. The third-order valence-corrected chi connectivity index (χ3v) is 6.16. The largest absolute Gasteiger partial charge is 0.454 e. The van der Waals surface area contributed by atoms with Gasteiger partial charge in [-0.2, -0.15) is 13.2 Å². The second-order valence-electron chi connectivity index (χ2n) is 6.86. The van der Waals surface area contributed by atoms with E-state index in [0.29, 0.717) is 28.5 Å². The maximum atomic E-state index is 12.7. The van der Waals surface area contributed by atoms with Gasteiger partial charge in [0.25, 0.3) is 11.5 Å². The number of pyridine rings is 1. The number of carbonyl (C=O) groups is 2. The smallest absolute Gasteiger partial charge is 0.417 e. The minimum Gasteiger partial charge on any atom is -0.454 e. The number of carbonyl (C=O) groups excluding carboxylic acids is 2. The van der Waals surface area contributed by atoms with Crippen molar-refractivity contribution in [3.8, 4) is 0 Å². The molecule has 2 aromatic rings. The fourth-order valence-corrected chi connectivity index (χ4v) is 3.65. The molecule has 1 aromatic carbocycles. The Morgan fingerprint density at radius 3 is 2.41 bits per heavy atom. The first kappa shape index (κ1) is 25.1. The first-order valence-electron chi connectivity index (χ1n) is 8.98. The molecule has 9 nitrogen and oxygen atoms in total. The fraction of sp³-hybridized carbons (Fsp3) is 0.316. The van der Waals surface area contributed by atoms with Gasteiger partial charge in [-0.05, 0) is 30.7 Å². The number of benzene rings is 1. The first-order valence-corrected chi connectivity index (χ1v) is 10.4. The number of halogens is 3. The van der Waals surface area contributed by atoms with Gasteiger partial charge in [0.1, 0.15) is 6.54 Å². The van der Waals surface area contributed by atoms with Crippen LogP contribution in [0.4, 0.5) is 18.9 Å². The SMILES string of the molecule is Cc1ccc(NC(=O)COC(=O)Cn2cc(C(F)(F)F)ccc2=O)cc1S(=O)(=O)N(C)C. The van der Waals surface area contributed by atoms with Gasteiger partial charge in [-0.1, -0.05) is 6.07 Å². The van der Waals surface area contributed by atoms with E-state index in [0.717, 1.165) is 4.31 Å². The summed E-state index contributed by atoms with van der Waals surface area (Å²) in [6.45, 7) is -0.0402. The Labute approximate surface area is 181 Å². The van der Waals surface area contributed by atoms with Gasteiger partial charge < -0.3 is 14.6 Å². The Hall–Kier alpha value is -3.19. The van der Waals surface area contributed by atoms with E-state index in [2.05, 4.69) is 5.32 Å². The van der Waals surface area contributed by atoms with E-state index >= 15 is 0 Å². The highest BCUT2D eigenvalue weighted by atomic mass is 32.2. The second-order valence-corrected chi connectivity index (χ2v) is 8.98. The lowest BCUT2D eigenvalue weighted by atomic mass is 10.2. The van der Waals surface area contributed by atoms with E-state index in [-0.39, 0.29) is 10.6 Å². The molecule has 0 atom stereocenters. The maximum Gasteiger partial charge on any atom is 0.417 e. The number of aryl methyl sites for hydroxylation is 1. The summed E-state index contributed by atoms with van der Waals surface area (Å²) in [5.74, 6) is -1.92. The highest BCUT2D eigenvalue weighted by Crippen LogP contribution is 2.28. The van der Waals surface area contributed by atoms with Crippen molar-refractivity contribution in [2.75, 3.05) is 26.0 Å². The first-order chi connectivity index (χ1) is 14.7. The zero-order valence-electron chi connectivity index (χ0n) is 17.3. The minimum atomic E-state index is -4.70. The molecule has 0 unspecified atom stereocenters. The van der Waals surface area contributed by atoms with Crippen LogP contribution in [0.2, 0.25) is 0 Å². The van der Waals surface area contributed by atoms with Crippen LogP contribution in [0, 0.1) is 6.92 Å². The highest BCUT2D eigenvalue weighted by molar-refractivity contribution is 7.89. The summed E-state index contributed by atoms with van der Waals surface area (Å²) >= 11 is 0. The maximum absolute atomic E-state index is 12.7. The number of nitrogens with zero attached hydrogens (tertiary/aromatic N) is 2. The molecule has 0 radical (unpaired) electrons. The lowest BCUT2D eigenvalue weighted by Crippen LogP contribution is -2.28. The number of ether oxygens (including phenoxy) is 1. The van der Waals surface area contributed by atoms with Gasteiger partial charge >= 0.3 is 12.1 Å². The van der Waals surface area contributed by atoms with Crippen molar-refractivity contribution in [1.82, 2.24) is 8.87 Å². The zero-order valence-corrected chi connectivity index (χ0v) is 18.1. The van der Waals surface area contributed by atoms with Crippen molar-refractivity contribution < 1.29 is 35.9 Å². The molecule has 13 heteroatoms. The standard InChI is InChI=1S/C19H20F3N3O6S/c1-12-4-6-14(8-15(12)32(29,30)24(2)3)23-16(26)11-31-18(28)10-25-9-13(19(20,21)22)5-7-17(25)27/h4-9H,10-11H2,1-3H3,(H,23,26). The summed E-state index contributed by atoms with van der Waals surface area (Å²) in [5.41, 5.74) is -1.39. The van der Waals surface area contributed by atoms with Crippen molar-refractivity contribution in [3.63, 3.8) is 0 Å². The molecule has 0 fully saturated rings. The van der Waals surface area contributed by atoms with E-state index in [1.54, 1.807) is 6.92 Å². The lowest BCUT2D eigenvalue weighted by Gasteiger charge is -2.15. The molecule has 0 bridgehead atoms. The Kier molecular flexibility index (Phi) is 7.46. The van der Waals surface area contributed by atoms with Gasteiger partial charge in [-0.25, -0.2) is 12.7 Å². The van der Waals surface area contributed by atoms with Gasteiger partial charge in [-0.15, -0.1) is 0 Å². The third kappa shape index (κ3) is 6.17. The van der Waals surface area contributed by atoms with Crippen LogP contribution in [-0.2, 0) is 37.1 Å². The van der Waals surface area contributed by atoms with Gasteiger partial charge in [0.2, 0.25) is 10.0 Å². The van der Waals surface area contributed by atoms with Crippen molar-refractivity contribution in [1.29, 1.82) is 0 Å². The number of amides is 1. The predicted molar refractivity (Wildman–Crippen MR) is 107 cm³/mol. The Balaban J connectivity index is 2.02. The normalized spacial score (nSPS) is 12.0. The predicted octanol–water partition coefficient (Wildman–Crippen LogP) is 1.61. The molecule has 0 aliphatic carbocycles. The molecule has 0 saturated carbocycles. The van der Waals surface area contributed by atoms with E-state index in [1.807, 2.05) is 0 Å². The van der Waals surface area contributed by atoms with Crippen molar-refractivity contribution in [2.45, 2.75) is 24.5 Å². The van der Waals surface area contributed by atoms with Gasteiger partial charge in [0, 0.05) is 32.0 Å². The lowest BCUT2D eigenvalue weighted by molar-refractivity contribution is -0.148. The number of aromatic nitrogens is 1. The van der Waals surface area contributed by atoms with Crippen LogP contribution < -0.4 is 10.9 Å². The molecular weight excluding hydrogens is 455 g/mol. The fourth-order valence-electron chi connectivity index (χ4n) is 2.50. The van der Waals surface area contributed by atoms with Crippen LogP contribution in [-0.4, -0.2) is 49.9 Å². The van der Waals surface area contributed by atoms with E-state index in [1.165, 1.54) is 32.3 Å². The molecule has 1 amide bonds. The zero-order chi connectivity index (χ0) is 24.3. The van der Waals surface area contributed by atoms with Crippen LogP contribution in [0.25, 0.3) is 0 Å². The number of esters is 1. The number of sulfonamides is 1. The van der Waals surface area contributed by atoms with Crippen molar-refractivity contribution in [3.05, 3.63) is 58.0 Å². The summed E-state index contributed by atoms with van der Waals surface area (Å²) in [5, 5.41) is 2.36. The summed E-state index contributed by atoms with van der Waals surface area (Å²) in [6.07, 6.45) is -4.23. The monoisotopic (exact) mass is 475 g/mol. The van der Waals surface area contributed by atoms with Crippen molar-refractivity contribution in [2.24, 2.45) is 0 Å². The van der Waals surface area contributed by atoms with Gasteiger partial charge in [-0.3, -0.25) is 14.4 Å². The van der Waals surface area contributed by atoms with E-state index in [4.69, 9.17) is 4.74 Å². The molecule has 32 heavy (non-hydrogen) atoms. The van der Waals surface area contributed by atoms with Crippen LogP contribution in [0.1, 0.15) is 11.1 Å². The van der Waals surface area contributed by atoms with Crippen molar-refractivity contribution >= 4 is 27.6 Å². The molecule has 0 saturated heterocycles. The topological polar surface area (TPSA) is 115 Å². The molecule has 0 aliphatic rings. The molecule has 1 aromatic heterocycles. The molecule has 1 N–H and O–H groups in total. The Morgan fingerprint density at radius 2 is 1.81 bits per heavy atom. The van der Waals surface area contributed by atoms with E-state index in [9.17, 15) is 36.0 Å². The Morgan fingerprint density at radius 1 is 1.16 bits per heavy atom.